The smallest absolute Gasteiger partial charge is 0.307 e. The number of likely N-dealkylation sites (tertiary alicyclic amines) is 1. The molecule has 0 spiro atoms. The van der Waals surface area contributed by atoms with E-state index in [0.717, 1.165) is 19.4 Å². The average molecular weight is 371 g/mol. The zero-order valence-corrected chi connectivity index (χ0v) is 15.9. The Labute approximate surface area is 166 Å². The van der Waals surface area contributed by atoms with Crippen molar-refractivity contribution in [1.82, 2.24) is 4.90 Å². The third-order valence-corrected chi connectivity index (χ3v) is 5.82. The highest BCUT2D eigenvalue weighted by Crippen LogP contribution is 2.44. The van der Waals surface area contributed by atoms with Crippen molar-refractivity contribution in [3.63, 3.8) is 0 Å². The first-order valence-electron chi connectivity index (χ1n) is 9.87. The van der Waals surface area contributed by atoms with E-state index >= 15 is 0 Å². The summed E-state index contributed by atoms with van der Waals surface area (Å²) >= 11 is 0. The van der Waals surface area contributed by atoms with Crippen LogP contribution < -0.4 is 0 Å². The van der Waals surface area contributed by atoms with Crippen LogP contribution in [0.2, 0.25) is 0 Å². The molecule has 1 saturated heterocycles. The van der Waals surface area contributed by atoms with Crippen LogP contribution in [-0.4, -0.2) is 29.1 Å². The minimum atomic E-state index is -0.701. The molecule has 3 aromatic carbocycles. The fraction of sp³-hybridized carbons (Fsp3) is 0.240. The Hall–Kier alpha value is -2.91. The highest BCUT2D eigenvalue weighted by Gasteiger charge is 2.44. The number of carboxylic acid groups (broad SMARTS) is 1. The zero-order chi connectivity index (χ0) is 19.4. The molecule has 0 aliphatic carbocycles. The first-order chi connectivity index (χ1) is 13.7. The molecular weight excluding hydrogens is 346 g/mol. The minimum Gasteiger partial charge on any atom is -0.481 e. The number of hydrogen-bond donors (Lipinski definition) is 1. The van der Waals surface area contributed by atoms with E-state index in [1.807, 2.05) is 18.2 Å². The van der Waals surface area contributed by atoms with Gasteiger partial charge in [-0.2, -0.15) is 0 Å². The average Bonchev–Trinajstić information content (AvgIpc) is 2.77. The molecule has 3 heteroatoms. The number of carbonyl (C=O) groups is 1. The first-order valence-corrected chi connectivity index (χ1v) is 9.87. The van der Waals surface area contributed by atoms with Gasteiger partial charge in [-0.15, -0.1) is 0 Å². The lowest BCUT2D eigenvalue weighted by Crippen LogP contribution is -2.53. The molecule has 3 aromatic rings. The van der Waals surface area contributed by atoms with Gasteiger partial charge in [0.25, 0.3) is 0 Å². The Bertz CT molecular complexity index is 812. The van der Waals surface area contributed by atoms with Gasteiger partial charge in [0.1, 0.15) is 0 Å². The predicted octanol–water partition coefficient (Wildman–Crippen LogP) is 4.78. The number of hydrogen-bond acceptors (Lipinski definition) is 2. The highest BCUT2D eigenvalue weighted by molar-refractivity contribution is 5.70. The van der Waals surface area contributed by atoms with E-state index in [0.29, 0.717) is 6.54 Å². The molecule has 0 saturated carbocycles. The number of piperidine rings is 1. The van der Waals surface area contributed by atoms with E-state index < -0.39 is 11.5 Å². The number of benzene rings is 3. The number of aliphatic carboxylic acids is 1. The van der Waals surface area contributed by atoms with E-state index in [9.17, 15) is 9.90 Å². The zero-order valence-electron chi connectivity index (χ0n) is 15.9. The molecule has 1 aliphatic rings. The summed E-state index contributed by atoms with van der Waals surface area (Å²) in [5.74, 6) is -1.04. The molecule has 0 amide bonds. The molecule has 1 aliphatic heterocycles. The van der Waals surface area contributed by atoms with E-state index in [-0.39, 0.29) is 5.92 Å². The lowest BCUT2D eigenvalue weighted by molar-refractivity contribution is -0.144. The van der Waals surface area contributed by atoms with Crippen molar-refractivity contribution < 1.29 is 9.90 Å². The van der Waals surface area contributed by atoms with Gasteiger partial charge in [-0.3, -0.25) is 9.69 Å². The highest BCUT2D eigenvalue weighted by atomic mass is 16.4. The maximum atomic E-state index is 11.8. The third kappa shape index (κ3) is 3.23. The van der Waals surface area contributed by atoms with Crippen LogP contribution in [0.1, 0.15) is 29.5 Å². The second-order valence-electron chi connectivity index (χ2n) is 7.43. The maximum Gasteiger partial charge on any atom is 0.307 e. The van der Waals surface area contributed by atoms with E-state index in [2.05, 4.69) is 77.7 Å². The monoisotopic (exact) mass is 371 g/mol. The van der Waals surface area contributed by atoms with Crippen molar-refractivity contribution >= 4 is 5.97 Å². The molecule has 3 nitrogen and oxygen atoms in total. The Balaban J connectivity index is 1.97. The van der Waals surface area contributed by atoms with Gasteiger partial charge in [0.2, 0.25) is 0 Å². The van der Waals surface area contributed by atoms with Gasteiger partial charge in [-0.1, -0.05) is 91.0 Å². The van der Waals surface area contributed by atoms with Crippen molar-refractivity contribution in [2.24, 2.45) is 5.92 Å². The molecule has 1 unspecified atom stereocenters. The number of rotatable bonds is 5. The van der Waals surface area contributed by atoms with Crippen molar-refractivity contribution in [3.05, 3.63) is 108 Å². The standard InChI is InChI=1S/C25H25NO2/c27-24(28)20-11-10-18-26(19-20)25(21-12-4-1-5-13-21,22-14-6-2-7-15-22)23-16-8-3-9-17-23/h1-9,12-17,20H,10-11,18-19H2,(H,27,28). The summed E-state index contributed by atoms with van der Waals surface area (Å²) in [6.07, 6.45) is 1.62. The minimum absolute atomic E-state index is 0.343. The van der Waals surface area contributed by atoms with Gasteiger partial charge in [-0.05, 0) is 36.1 Å². The Morgan fingerprint density at radius 2 is 1.21 bits per heavy atom. The lowest BCUT2D eigenvalue weighted by Gasteiger charge is -2.48. The molecule has 1 N–H and O–H groups in total. The fourth-order valence-corrected chi connectivity index (χ4v) is 4.57. The molecule has 0 aromatic heterocycles. The summed E-state index contributed by atoms with van der Waals surface area (Å²) in [6.45, 7) is 1.40. The summed E-state index contributed by atoms with van der Waals surface area (Å²) in [5.41, 5.74) is 2.98. The quantitative estimate of drug-likeness (QED) is 0.657. The summed E-state index contributed by atoms with van der Waals surface area (Å²) in [6, 6.07) is 31.4. The number of carboxylic acids is 1. The first kappa shape index (κ1) is 18.5. The summed E-state index contributed by atoms with van der Waals surface area (Å²) < 4.78 is 0. The molecule has 1 atom stereocenters. The van der Waals surface area contributed by atoms with Crippen molar-refractivity contribution in [3.8, 4) is 0 Å². The molecule has 142 valence electrons. The van der Waals surface area contributed by atoms with Crippen LogP contribution in [0.25, 0.3) is 0 Å². The molecule has 1 fully saturated rings. The normalized spacial score (nSPS) is 17.9. The van der Waals surface area contributed by atoms with E-state index in [1.165, 1.54) is 16.7 Å². The van der Waals surface area contributed by atoms with Gasteiger partial charge in [0, 0.05) is 6.54 Å². The van der Waals surface area contributed by atoms with Gasteiger partial charge >= 0.3 is 5.97 Å². The maximum absolute atomic E-state index is 11.8. The largest absolute Gasteiger partial charge is 0.481 e. The van der Waals surface area contributed by atoms with Crippen molar-refractivity contribution in [2.75, 3.05) is 13.1 Å². The van der Waals surface area contributed by atoms with E-state index in [4.69, 9.17) is 0 Å². The van der Waals surface area contributed by atoms with Crippen LogP contribution >= 0.6 is 0 Å². The van der Waals surface area contributed by atoms with Gasteiger partial charge in [-0.25, -0.2) is 0 Å². The van der Waals surface area contributed by atoms with Crippen molar-refractivity contribution in [1.29, 1.82) is 0 Å². The van der Waals surface area contributed by atoms with Gasteiger partial charge in [0.05, 0.1) is 11.5 Å². The Morgan fingerprint density at radius 3 is 1.61 bits per heavy atom. The van der Waals surface area contributed by atoms with Crippen LogP contribution in [0.4, 0.5) is 0 Å². The van der Waals surface area contributed by atoms with Crippen molar-refractivity contribution in [2.45, 2.75) is 18.4 Å². The van der Waals surface area contributed by atoms with Gasteiger partial charge in [0.15, 0.2) is 0 Å². The van der Waals surface area contributed by atoms with Gasteiger partial charge < -0.3 is 5.11 Å². The van der Waals surface area contributed by atoms with Crippen LogP contribution in [0.15, 0.2) is 91.0 Å². The summed E-state index contributed by atoms with van der Waals surface area (Å²) in [4.78, 5) is 14.2. The molecule has 4 rings (SSSR count). The second kappa shape index (κ2) is 7.99. The third-order valence-electron chi connectivity index (χ3n) is 5.82. The molecule has 0 radical (unpaired) electrons. The van der Waals surface area contributed by atoms with Crippen LogP contribution in [0.5, 0.6) is 0 Å². The topological polar surface area (TPSA) is 40.5 Å². The molecular formula is C25H25NO2. The fourth-order valence-electron chi connectivity index (χ4n) is 4.57. The Kier molecular flexibility index (Phi) is 5.27. The lowest BCUT2D eigenvalue weighted by atomic mass is 9.74. The second-order valence-corrected chi connectivity index (χ2v) is 7.43. The van der Waals surface area contributed by atoms with E-state index in [1.54, 1.807) is 0 Å². The molecule has 1 heterocycles. The molecule has 28 heavy (non-hydrogen) atoms. The summed E-state index contributed by atoms with van der Waals surface area (Å²) in [7, 11) is 0. The SMILES string of the molecule is O=C(O)C1CCCN(C(c2ccccc2)(c2ccccc2)c2ccccc2)C1. The number of nitrogens with zero attached hydrogens (tertiary/aromatic N) is 1. The van der Waals surface area contributed by atoms with Crippen LogP contribution in [0, 0.1) is 5.92 Å². The van der Waals surface area contributed by atoms with Crippen LogP contribution in [0.3, 0.4) is 0 Å². The Morgan fingerprint density at radius 1 is 0.786 bits per heavy atom. The predicted molar refractivity (Wildman–Crippen MR) is 111 cm³/mol. The molecule has 0 bridgehead atoms. The summed E-state index contributed by atoms with van der Waals surface area (Å²) in [5, 5.41) is 9.71. The van der Waals surface area contributed by atoms with Crippen LogP contribution in [-0.2, 0) is 10.3 Å².